The van der Waals surface area contributed by atoms with Gasteiger partial charge in [-0.25, -0.2) is 0 Å². The van der Waals surface area contributed by atoms with E-state index < -0.39 is 0 Å². The van der Waals surface area contributed by atoms with Gasteiger partial charge < -0.3 is 9.32 Å². The van der Waals surface area contributed by atoms with Gasteiger partial charge in [0, 0.05) is 33.0 Å². The van der Waals surface area contributed by atoms with Gasteiger partial charge in [-0.2, -0.15) is 0 Å². The van der Waals surface area contributed by atoms with Gasteiger partial charge in [0.05, 0.1) is 11.4 Å². The highest BCUT2D eigenvalue weighted by atomic mass is 16.3. The van der Waals surface area contributed by atoms with Crippen LogP contribution in [0.25, 0.3) is 88.0 Å². The Kier molecular flexibility index (Phi) is 8.19. The molecule has 0 spiro atoms. The summed E-state index contributed by atoms with van der Waals surface area (Å²) in [5.74, 6) is 0. The summed E-state index contributed by atoms with van der Waals surface area (Å²) < 4.78 is 6.67. The third-order valence-corrected chi connectivity index (χ3v) is 11.5. The summed E-state index contributed by atoms with van der Waals surface area (Å²) in [6, 6.07) is 80.7. The van der Waals surface area contributed by atoms with E-state index in [-0.39, 0.29) is 0 Å². The summed E-state index contributed by atoms with van der Waals surface area (Å²) in [5.41, 5.74) is 14.4. The first-order valence-corrected chi connectivity index (χ1v) is 19.8. The monoisotopic (exact) mass is 739 g/mol. The molecule has 2 nitrogen and oxygen atoms in total. The molecule has 0 aliphatic carbocycles. The van der Waals surface area contributed by atoms with Crippen molar-refractivity contribution in [2.75, 3.05) is 4.90 Å². The molecule has 0 saturated carbocycles. The molecule has 0 amide bonds. The van der Waals surface area contributed by atoms with E-state index in [0.29, 0.717) is 0 Å². The Hall–Kier alpha value is -7.68. The average molecular weight is 740 g/mol. The van der Waals surface area contributed by atoms with Crippen molar-refractivity contribution in [2.45, 2.75) is 0 Å². The molecule has 0 aliphatic rings. The first-order valence-electron chi connectivity index (χ1n) is 19.8. The van der Waals surface area contributed by atoms with Crippen LogP contribution in [0.5, 0.6) is 0 Å². The molecule has 0 unspecified atom stereocenters. The van der Waals surface area contributed by atoms with E-state index in [2.05, 4.69) is 229 Å². The Bertz CT molecular complexity index is 3290. The Morgan fingerprint density at radius 2 is 0.879 bits per heavy atom. The zero-order valence-corrected chi connectivity index (χ0v) is 31.7. The highest BCUT2D eigenvalue weighted by Crippen LogP contribution is 2.47. The van der Waals surface area contributed by atoms with Crippen LogP contribution in [0.3, 0.4) is 0 Å². The molecule has 1 aromatic heterocycles. The maximum Gasteiger partial charge on any atom is 0.143 e. The molecule has 0 aliphatic heterocycles. The number of rotatable bonds is 7. The summed E-state index contributed by atoms with van der Waals surface area (Å²) >= 11 is 0. The van der Waals surface area contributed by atoms with Crippen molar-refractivity contribution >= 4 is 60.5 Å². The van der Waals surface area contributed by atoms with E-state index in [0.717, 1.165) is 72.2 Å². The molecule has 2 heteroatoms. The molecule has 272 valence electrons. The molecule has 1 heterocycles. The van der Waals surface area contributed by atoms with Crippen molar-refractivity contribution in [3.8, 4) is 44.5 Å². The van der Waals surface area contributed by atoms with Crippen molar-refractivity contribution in [3.05, 3.63) is 224 Å². The molecule has 58 heavy (non-hydrogen) atoms. The number of hydrogen-bond acceptors (Lipinski definition) is 2. The fourth-order valence-corrected chi connectivity index (χ4v) is 8.66. The Labute approximate surface area is 337 Å². The fraction of sp³-hybridized carbons (Fsp3) is 0. The van der Waals surface area contributed by atoms with Gasteiger partial charge in [-0.1, -0.05) is 176 Å². The second kappa shape index (κ2) is 14.1. The number of furan rings is 1. The lowest BCUT2D eigenvalue weighted by Gasteiger charge is -2.30. The van der Waals surface area contributed by atoms with E-state index in [9.17, 15) is 0 Å². The first kappa shape index (κ1) is 33.6. The van der Waals surface area contributed by atoms with Gasteiger partial charge in [-0.15, -0.1) is 0 Å². The minimum absolute atomic E-state index is 0.880. The van der Waals surface area contributed by atoms with Crippen molar-refractivity contribution < 1.29 is 4.42 Å². The number of anilines is 3. The average Bonchev–Trinajstić information content (AvgIpc) is 3.70. The van der Waals surface area contributed by atoms with Gasteiger partial charge in [-0.05, 0) is 98.1 Å². The summed E-state index contributed by atoms with van der Waals surface area (Å²) in [6.45, 7) is 0. The molecule has 11 rings (SSSR count). The van der Waals surface area contributed by atoms with Crippen LogP contribution in [0, 0.1) is 0 Å². The predicted molar refractivity (Wildman–Crippen MR) is 245 cm³/mol. The number of nitrogens with zero attached hydrogens (tertiary/aromatic N) is 1. The number of fused-ring (bicyclic) bond motifs is 6. The second-order valence-corrected chi connectivity index (χ2v) is 14.9. The molecular weight excluding hydrogens is 703 g/mol. The minimum atomic E-state index is 0.880. The van der Waals surface area contributed by atoms with Crippen molar-refractivity contribution in [1.82, 2.24) is 0 Å². The molecule has 0 bridgehead atoms. The topological polar surface area (TPSA) is 16.4 Å². The van der Waals surface area contributed by atoms with Gasteiger partial charge in [0.15, 0.2) is 0 Å². The van der Waals surface area contributed by atoms with Crippen LogP contribution in [0.1, 0.15) is 0 Å². The van der Waals surface area contributed by atoms with Crippen molar-refractivity contribution in [3.63, 3.8) is 0 Å². The number of para-hydroxylation sites is 2. The Balaban J connectivity index is 1.07. The quantitative estimate of drug-likeness (QED) is 0.162. The van der Waals surface area contributed by atoms with Gasteiger partial charge in [-0.3, -0.25) is 0 Å². The van der Waals surface area contributed by atoms with E-state index in [4.69, 9.17) is 4.42 Å². The second-order valence-electron chi connectivity index (χ2n) is 14.9. The maximum atomic E-state index is 6.67. The summed E-state index contributed by atoms with van der Waals surface area (Å²) in [6.07, 6.45) is 0. The van der Waals surface area contributed by atoms with Crippen LogP contribution >= 0.6 is 0 Å². The molecule has 0 fully saturated rings. The molecule has 0 N–H and O–H groups in total. The van der Waals surface area contributed by atoms with Crippen molar-refractivity contribution in [1.29, 1.82) is 0 Å². The van der Waals surface area contributed by atoms with Crippen LogP contribution in [-0.4, -0.2) is 0 Å². The van der Waals surface area contributed by atoms with Crippen LogP contribution in [-0.2, 0) is 0 Å². The first-order chi connectivity index (χ1) is 28.8. The smallest absolute Gasteiger partial charge is 0.143 e. The zero-order chi connectivity index (χ0) is 38.4. The van der Waals surface area contributed by atoms with Gasteiger partial charge in [0.25, 0.3) is 0 Å². The van der Waals surface area contributed by atoms with Crippen LogP contribution in [0.15, 0.2) is 229 Å². The van der Waals surface area contributed by atoms with Crippen LogP contribution < -0.4 is 4.90 Å². The van der Waals surface area contributed by atoms with Crippen molar-refractivity contribution in [2.24, 2.45) is 0 Å². The summed E-state index contributed by atoms with van der Waals surface area (Å²) in [4.78, 5) is 2.42. The molecule has 0 radical (unpaired) electrons. The van der Waals surface area contributed by atoms with E-state index in [1.807, 2.05) is 0 Å². The zero-order valence-electron chi connectivity index (χ0n) is 31.7. The molecule has 10 aromatic carbocycles. The molecular formula is C56H37NO. The normalized spacial score (nSPS) is 11.4. The van der Waals surface area contributed by atoms with Gasteiger partial charge in [0.1, 0.15) is 11.2 Å². The SMILES string of the molecule is c1ccc(-c2ccccc2N(c2ccc(-c3cccc(-c4ccc5ccccc5c4)c3)cc2)c2ccccc2-c2cccc3oc4c5ccccc5ccc4c23)cc1. The summed E-state index contributed by atoms with van der Waals surface area (Å²) in [5, 5.41) is 7.03. The standard InChI is InChI=1S/C56H37NO/c1-2-15-40(16-3-1)47-21-8-10-25-52(47)57(46-33-30-39(31-34-46)43-19-12-20-44(36-43)45-29-28-38-14-4-5-18-42(38)37-45)53-26-11-9-23-49(53)50-24-13-27-54-55(50)51-35-32-41-17-6-7-22-48(41)56(51)58-54/h1-37H. The highest BCUT2D eigenvalue weighted by molar-refractivity contribution is 6.19. The lowest BCUT2D eigenvalue weighted by Crippen LogP contribution is -2.12. The third-order valence-electron chi connectivity index (χ3n) is 11.5. The Morgan fingerprint density at radius 3 is 1.71 bits per heavy atom. The molecule has 11 aromatic rings. The maximum absolute atomic E-state index is 6.67. The lowest BCUT2D eigenvalue weighted by atomic mass is 9.95. The van der Waals surface area contributed by atoms with E-state index in [1.54, 1.807) is 0 Å². The third kappa shape index (κ3) is 5.82. The Morgan fingerprint density at radius 1 is 0.310 bits per heavy atom. The molecule has 0 atom stereocenters. The number of benzene rings is 10. The minimum Gasteiger partial charge on any atom is -0.455 e. The van der Waals surface area contributed by atoms with E-state index >= 15 is 0 Å². The van der Waals surface area contributed by atoms with E-state index in [1.165, 1.54) is 32.8 Å². The number of hydrogen-bond donors (Lipinski definition) is 0. The summed E-state index contributed by atoms with van der Waals surface area (Å²) in [7, 11) is 0. The van der Waals surface area contributed by atoms with Crippen LogP contribution in [0.2, 0.25) is 0 Å². The fourth-order valence-electron chi connectivity index (χ4n) is 8.66. The largest absolute Gasteiger partial charge is 0.455 e. The highest BCUT2D eigenvalue weighted by Gasteiger charge is 2.23. The van der Waals surface area contributed by atoms with Gasteiger partial charge >= 0.3 is 0 Å². The lowest BCUT2D eigenvalue weighted by molar-refractivity contribution is 0.673. The van der Waals surface area contributed by atoms with Crippen LogP contribution in [0.4, 0.5) is 17.1 Å². The molecule has 0 saturated heterocycles. The van der Waals surface area contributed by atoms with Gasteiger partial charge in [0.2, 0.25) is 0 Å². The predicted octanol–water partition coefficient (Wildman–Crippen LogP) is 16.0.